The molecule has 0 radical (unpaired) electrons. The van der Waals surface area contributed by atoms with E-state index in [-0.39, 0.29) is 90.7 Å². The maximum Gasteiger partial charge on any atom is 0.263 e. The summed E-state index contributed by atoms with van der Waals surface area (Å²) in [6.07, 6.45) is 37.4. The summed E-state index contributed by atoms with van der Waals surface area (Å²) in [7, 11) is 0. The average molecular weight is 1820 g/mol. The van der Waals surface area contributed by atoms with Gasteiger partial charge >= 0.3 is 0 Å². The largest absolute Gasteiger partial charge is 0.381 e. The lowest BCUT2D eigenvalue weighted by Gasteiger charge is -2.12. The van der Waals surface area contributed by atoms with Crippen molar-refractivity contribution in [3.05, 3.63) is 324 Å². The van der Waals surface area contributed by atoms with Crippen molar-refractivity contribution < 1.29 is 45.9 Å². The smallest absolute Gasteiger partial charge is 0.263 e. The van der Waals surface area contributed by atoms with Gasteiger partial charge in [0.1, 0.15) is 27.8 Å². The van der Waals surface area contributed by atoms with E-state index < -0.39 is 58.6 Å². The number of anilines is 10. The zero-order valence-corrected chi connectivity index (χ0v) is 70.3. The van der Waals surface area contributed by atoms with Gasteiger partial charge in [0.05, 0.1) is 139 Å². The molecule has 0 aromatic carbocycles. The van der Waals surface area contributed by atoms with Crippen LogP contribution in [0.3, 0.4) is 0 Å². The molecule has 0 saturated heterocycles. The van der Waals surface area contributed by atoms with E-state index in [1.54, 1.807) is 117 Å². The zero-order valence-electron chi connectivity index (χ0n) is 70.3. The van der Waals surface area contributed by atoms with E-state index in [0.717, 1.165) is 135 Å². The predicted octanol–water partition coefficient (Wildman–Crippen LogP) is 10.1. The number of aromatic nitrogens is 27. The number of carbonyl (C=O) groups excluding carboxylic acids is 5. The first-order valence-electron chi connectivity index (χ1n) is 39.5. The van der Waals surface area contributed by atoms with Gasteiger partial charge in [-0.25, -0.2) is 69.4 Å². The van der Waals surface area contributed by atoms with E-state index in [1.165, 1.54) is 37.2 Å². The number of nitrogens with two attached hydrogens (primary N) is 5. The van der Waals surface area contributed by atoms with Crippen LogP contribution in [0, 0.1) is 56.8 Å². The summed E-state index contributed by atoms with van der Waals surface area (Å²) in [5.74, 6) is -6.00. The molecule has 20 aromatic rings. The van der Waals surface area contributed by atoms with Gasteiger partial charge in [0.2, 0.25) is 0 Å². The minimum atomic E-state index is -0.616. The molecule has 0 aliphatic carbocycles. The van der Waals surface area contributed by atoms with Crippen LogP contribution in [0.4, 0.5) is 79.5 Å². The molecule has 0 aliphatic heterocycles. The van der Waals surface area contributed by atoms with Crippen LogP contribution in [0.15, 0.2) is 239 Å². The molecular weight excluding hydrogens is 1750 g/mol. The van der Waals surface area contributed by atoms with Crippen LogP contribution >= 0.6 is 0 Å². The third-order valence-corrected chi connectivity index (χ3v) is 19.9. The van der Waals surface area contributed by atoms with Crippen molar-refractivity contribution in [3.63, 3.8) is 0 Å². The summed E-state index contributed by atoms with van der Waals surface area (Å²) < 4.78 is 72.2. The highest BCUT2D eigenvalue weighted by atomic mass is 19.1. The van der Waals surface area contributed by atoms with Crippen LogP contribution in [0.5, 0.6) is 0 Å². The van der Waals surface area contributed by atoms with Crippen LogP contribution in [-0.2, 0) is 0 Å². The number of rotatable bonds is 15. The molecular formula is C87H66F5N37O6. The van der Waals surface area contributed by atoms with Crippen LogP contribution in [0.1, 0.15) is 74.2 Å². The van der Waals surface area contributed by atoms with Crippen molar-refractivity contribution in [2.75, 3.05) is 55.3 Å². The highest BCUT2D eigenvalue weighted by Crippen LogP contribution is 2.36. The highest BCUT2D eigenvalue weighted by molar-refractivity contribution is 6.16. The molecule has 0 aliphatic rings. The lowest BCUT2D eigenvalue weighted by molar-refractivity contribution is 0.102. The molecule has 0 atom stereocenters. The van der Waals surface area contributed by atoms with Crippen LogP contribution in [0.2, 0.25) is 0 Å². The van der Waals surface area contributed by atoms with E-state index in [0.29, 0.717) is 56.5 Å². The summed E-state index contributed by atoms with van der Waals surface area (Å²) in [5, 5.41) is 49.3. The number of aryl methyl sites for hydroxylation is 4. The number of aromatic amines is 1. The first-order valence-corrected chi connectivity index (χ1v) is 39.5. The van der Waals surface area contributed by atoms with Gasteiger partial charge in [-0.15, -0.1) is 25.5 Å². The first-order chi connectivity index (χ1) is 65.2. The SMILES string of the molecule is Cc1ccncc1-c1ccncc1NC(=O)c1c(N)nn2cc(F)cnc12.Cc1ccnnc1-c1ccncc1NC(=O)c1c(N)nn2cc(F)cnc12.Cc1cnccc1-c1ccncc1NC(=O)c1c(N)nn2cc(F)cnc12.Cc1nnccc1-c1ccncc1NC(=O)c1c(N)nn2cc(F)cnc12.Nc1nn2cc(F)cnc2c1C(=O)Nc1cnccc1-c1ccc[nH]c1=O. The summed E-state index contributed by atoms with van der Waals surface area (Å²) in [4.78, 5) is 127. The monoisotopic (exact) mass is 1820 g/mol. The number of nitrogen functional groups attached to an aromatic ring is 5. The molecule has 5 amide bonds. The Balaban J connectivity index is 0.000000123. The number of hydrogen-bond acceptors (Lipinski definition) is 32. The molecule has 48 heteroatoms. The molecule has 20 aromatic heterocycles. The van der Waals surface area contributed by atoms with Gasteiger partial charge in [-0.1, -0.05) is 0 Å². The van der Waals surface area contributed by atoms with Crippen LogP contribution in [-0.4, -0.2) is 163 Å². The fraction of sp³-hybridized carbons (Fsp3) is 0.0460. The summed E-state index contributed by atoms with van der Waals surface area (Å²) in [6.45, 7) is 7.58. The van der Waals surface area contributed by atoms with Gasteiger partial charge in [0.15, 0.2) is 86.4 Å². The molecule has 16 N–H and O–H groups in total. The van der Waals surface area contributed by atoms with E-state index in [4.69, 9.17) is 28.7 Å². The van der Waals surface area contributed by atoms with Gasteiger partial charge < -0.3 is 60.2 Å². The fourth-order valence-corrected chi connectivity index (χ4v) is 13.8. The molecule has 0 spiro atoms. The fourth-order valence-electron chi connectivity index (χ4n) is 13.8. The first kappa shape index (κ1) is 88.7. The van der Waals surface area contributed by atoms with E-state index in [9.17, 15) is 50.7 Å². The number of nitrogens with zero attached hydrogens (tertiary/aromatic N) is 26. The van der Waals surface area contributed by atoms with Crippen molar-refractivity contribution in [1.29, 1.82) is 0 Å². The third-order valence-electron chi connectivity index (χ3n) is 19.9. The van der Waals surface area contributed by atoms with Gasteiger partial charge in [0.25, 0.3) is 35.1 Å². The second-order valence-electron chi connectivity index (χ2n) is 28.8. The number of H-pyrrole nitrogens is 1. The van der Waals surface area contributed by atoms with E-state index >= 15 is 0 Å². The van der Waals surface area contributed by atoms with Crippen molar-refractivity contribution >= 4 is 115 Å². The molecule has 670 valence electrons. The highest BCUT2D eigenvalue weighted by Gasteiger charge is 2.29. The number of halogens is 5. The Labute approximate surface area is 753 Å². The predicted molar refractivity (Wildman–Crippen MR) is 481 cm³/mol. The molecule has 20 heterocycles. The minimum Gasteiger partial charge on any atom is -0.381 e. The van der Waals surface area contributed by atoms with E-state index in [2.05, 4.69) is 137 Å². The van der Waals surface area contributed by atoms with Crippen molar-refractivity contribution in [2.45, 2.75) is 27.7 Å². The maximum absolute atomic E-state index is 13.3. The van der Waals surface area contributed by atoms with Gasteiger partial charge in [-0.2, -0.15) is 20.4 Å². The normalized spacial score (nSPS) is 10.9. The number of fused-ring (bicyclic) bond motifs is 5. The summed E-state index contributed by atoms with van der Waals surface area (Å²) in [6, 6.07) is 19.3. The van der Waals surface area contributed by atoms with Crippen LogP contribution in [0.25, 0.3) is 84.0 Å². The molecule has 0 bridgehead atoms. The molecule has 43 nitrogen and oxygen atoms in total. The van der Waals surface area contributed by atoms with E-state index in [1.807, 2.05) is 45.9 Å². The number of carbonyl (C=O) groups is 5. The molecule has 20 rings (SSSR count). The Morgan fingerprint density at radius 2 is 0.593 bits per heavy atom. The number of nitrogens with one attached hydrogen (secondary N) is 6. The van der Waals surface area contributed by atoms with Gasteiger partial charge in [-0.05, 0) is 117 Å². The Morgan fingerprint density at radius 1 is 0.304 bits per heavy atom. The lowest BCUT2D eigenvalue weighted by atomic mass is 10.0. The molecule has 0 saturated carbocycles. The van der Waals surface area contributed by atoms with Gasteiger partial charge in [-0.3, -0.25) is 63.7 Å². The summed E-state index contributed by atoms with van der Waals surface area (Å²) in [5.41, 5.74) is 42.5. The third kappa shape index (κ3) is 19.0. The standard InChI is InChI=1S/2C18H14FN7O.2C17H13FN8O.C17H12FN7O2/c1-10-6-21-4-2-12(10)13-3-5-22-8-14(13)24-18(27)15-16(20)25-26-9-11(19)7-23-17(15)26;1-10-2-4-21-7-13(10)12-3-5-22-8-14(12)24-18(27)15-16(20)25-26-9-11(19)6-23-17(15)26;1-9-2-5-22-24-14(9)11-3-4-20-7-12(11)23-17(27)13-15(19)25-26-8-10(18)6-21-16(13)26;1-9-11(3-5-22-24-9)12-2-4-20-7-13(12)23-17(27)14-15(19)25-26-8-10(18)6-21-16(14)26;18-9-6-22-15-13(14(19)24-25(15)8-9)17(27)23-12-7-20-5-3-10(12)11-2-1-4-21-16(11)26/h2*2-9H,1H3,(H2,20,25)(H,24,27);2*2-8H,1H3,(H2,19,25)(H,23,27);1-8H,(H2,19,24)(H,21,26)(H,23,27). The average Bonchev–Trinajstić information content (AvgIpc) is 1.66. The second kappa shape index (κ2) is 38.4. The van der Waals surface area contributed by atoms with Crippen LogP contribution < -0.4 is 60.8 Å². The number of amides is 5. The number of hydrogen-bond donors (Lipinski definition) is 11. The van der Waals surface area contributed by atoms with Crippen molar-refractivity contribution in [2.24, 2.45) is 0 Å². The Hall–Kier alpha value is -19.7. The van der Waals surface area contributed by atoms with Crippen molar-refractivity contribution in [3.8, 4) is 55.8 Å². The quantitative estimate of drug-likeness (QED) is 0.0425. The zero-order chi connectivity index (χ0) is 94.8. The minimum absolute atomic E-state index is 0.00762. The molecule has 0 fully saturated rings. The topological polar surface area (TPSA) is 601 Å². The number of pyridine rings is 8. The Kier molecular flexibility index (Phi) is 25.3. The summed E-state index contributed by atoms with van der Waals surface area (Å²) >= 11 is 0. The second-order valence-corrected chi connectivity index (χ2v) is 28.8. The lowest BCUT2D eigenvalue weighted by Crippen LogP contribution is -2.16. The van der Waals surface area contributed by atoms with Crippen molar-refractivity contribution in [1.82, 2.24) is 133 Å². The maximum atomic E-state index is 13.3. The Morgan fingerprint density at radius 3 is 0.941 bits per heavy atom. The molecule has 0 unspecified atom stereocenters. The molecule has 135 heavy (non-hydrogen) atoms. The Bertz CT molecular complexity index is 7350. The van der Waals surface area contributed by atoms with Gasteiger partial charge in [0, 0.05) is 113 Å².